The Kier molecular flexibility index (Phi) is 8.97. The number of carbonyl (C=O) groups excluding carboxylic acids is 1. The highest BCUT2D eigenvalue weighted by atomic mass is 16.5. The van der Waals surface area contributed by atoms with Gasteiger partial charge in [-0.2, -0.15) is 0 Å². The van der Waals surface area contributed by atoms with Gasteiger partial charge in [0.1, 0.15) is 0 Å². The number of unbranched alkanes of at least 4 members (excludes halogenated alkanes) is 3. The topological polar surface area (TPSA) is 26.3 Å². The summed E-state index contributed by atoms with van der Waals surface area (Å²) in [6, 6.07) is 0. The highest BCUT2D eigenvalue weighted by Gasteiger charge is 2.16. The molecule has 0 N–H and O–H groups in total. The molecule has 0 aliphatic heterocycles. The molecule has 94 valence electrons. The summed E-state index contributed by atoms with van der Waals surface area (Å²) in [5.41, 5.74) is 0.639. The zero-order valence-corrected chi connectivity index (χ0v) is 11.1. The fourth-order valence-corrected chi connectivity index (χ4v) is 1.73. The Morgan fingerprint density at radius 2 is 1.75 bits per heavy atom. The maximum absolute atomic E-state index is 11.6. The summed E-state index contributed by atoms with van der Waals surface area (Å²) in [5, 5.41) is 0. The third-order valence-electron chi connectivity index (χ3n) is 2.97. The van der Waals surface area contributed by atoms with Gasteiger partial charge in [-0.15, -0.1) is 0 Å². The third-order valence-corrected chi connectivity index (χ3v) is 2.97. The summed E-state index contributed by atoms with van der Waals surface area (Å²) in [6.07, 6.45) is 6.44. The molecule has 0 saturated carbocycles. The second-order valence-corrected chi connectivity index (χ2v) is 4.24. The van der Waals surface area contributed by atoms with E-state index in [1.165, 1.54) is 12.8 Å². The van der Waals surface area contributed by atoms with Crippen molar-refractivity contribution in [2.45, 2.75) is 59.3 Å². The van der Waals surface area contributed by atoms with Crippen LogP contribution in [0.4, 0.5) is 0 Å². The second kappa shape index (κ2) is 9.44. The van der Waals surface area contributed by atoms with E-state index in [0.29, 0.717) is 12.2 Å². The van der Waals surface area contributed by atoms with Crippen molar-refractivity contribution in [3.63, 3.8) is 0 Å². The van der Waals surface area contributed by atoms with Gasteiger partial charge in [-0.05, 0) is 25.2 Å². The number of rotatable bonds is 9. The smallest absolute Gasteiger partial charge is 0.333 e. The van der Waals surface area contributed by atoms with Gasteiger partial charge in [0.25, 0.3) is 0 Å². The van der Waals surface area contributed by atoms with Gasteiger partial charge in [-0.25, -0.2) is 4.79 Å². The van der Waals surface area contributed by atoms with E-state index in [9.17, 15) is 4.79 Å². The number of carbonyl (C=O) groups is 1. The molecule has 0 aromatic heterocycles. The molecule has 0 rings (SSSR count). The minimum Gasteiger partial charge on any atom is -0.462 e. The van der Waals surface area contributed by atoms with E-state index in [1.54, 1.807) is 0 Å². The standard InChI is InChI=1S/C14H26O2/c1-5-8-9-10-11-16-14(15)12(4)13(6-2)7-3/h13H,4-11H2,1-3H3. The Hall–Kier alpha value is -0.790. The molecule has 0 aliphatic rings. The monoisotopic (exact) mass is 226 g/mol. The van der Waals surface area contributed by atoms with Crippen LogP contribution in [0.1, 0.15) is 59.3 Å². The molecule has 0 aromatic rings. The zero-order valence-electron chi connectivity index (χ0n) is 11.1. The van der Waals surface area contributed by atoms with Crippen LogP contribution in [-0.4, -0.2) is 12.6 Å². The normalized spacial score (nSPS) is 10.5. The summed E-state index contributed by atoms with van der Waals surface area (Å²) in [5.74, 6) is 0.0772. The van der Waals surface area contributed by atoms with Gasteiger partial charge in [0.05, 0.1) is 6.61 Å². The van der Waals surface area contributed by atoms with E-state index in [1.807, 2.05) is 0 Å². The van der Waals surface area contributed by atoms with Crippen molar-refractivity contribution in [3.05, 3.63) is 12.2 Å². The van der Waals surface area contributed by atoms with Crippen LogP contribution in [0.3, 0.4) is 0 Å². The molecule has 0 spiro atoms. The van der Waals surface area contributed by atoms with Crippen LogP contribution in [0.25, 0.3) is 0 Å². The molecule has 0 atom stereocenters. The summed E-state index contributed by atoms with van der Waals surface area (Å²) >= 11 is 0. The molecule has 0 heterocycles. The van der Waals surface area contributed by atoms with Crippen LogP contribution in [0.2, 0.25) is 0 Å². The van der Waals surface area contributed by atoms with Crippen molar-refractivity contribution in [2.24, 2.45) is 5.92 Å². The number of ether oxygens (including phenoxy) is 1. The molecule has 0 aliphatic carbocycles. The summed E-state index contributed by atoms with van der Waals surface area (Å²) in [6.45, 7) is 10.7. The molecule has 0 saturated heterocycles. The van der Waals surface area contributed by atoms with Gasteiger partial charge in [0.2, 0.25) is 0 Å². The first kappa shape index (κ1) is 15.2. The molecule has 0 aromatic carbocycles. The predicted molar refractivity (Wildman–Crippen MR) is 68.3 cm³/mol. The number of hydrogen-bond donors (Lipinski definition) is 0. The summed E-state index contributed by atoms with van der Waals surface area (Å²) in [4.78, 5) is 11.6. The molecular weight excluding hydrogens is 200 g/mol. The van der Waals surface area contributed by atoms with E-state index < -0.39 is 0 Å². The first-order valence-electron chi connectivity index (χ1n) is 6.53. The largest absolute Gasteiger partial charge is 0.462 e. The van der Waals surface area contributed by atoms with Crippen LogP contribution < -0.4 is 0 Å². The van der Waals surface area contributed by atoms with Crippen molar-refractivity contribution in [2.75, 3.05) is 6.61 Å². The van der Waals surface area contributed by atoms with Crippen LogP contribution in [0, 0.1) is 5.92 Å². The van der Waals surface area contributed by atoms with Crippen LogP contribution >= 0.6 is 0 Å². The molecule has 2 heteroatoms. The van der Waals surface area contributed by atoms with E-state index in [0.717, 1.165) is 25.7 Å². The minimum absolute atomic E-state index is 0.204. The molecule has 0 bridgehead atoms. The van der Waals surface area contributed by atoms with Gasteiger partial charge in [-0.1, -0.05) is 46.6 Å². The lowest BCUT2D eigenvalue weighted by Crippen LogP contribution is -2.15. The maximum Gasteiger partial charge on any atom is 0.333 e. The molecule has 16 heavy (non-hydrogen) atoms. The molecule has 0 amide bonds. The van der Waals surface area contributed by atoms with Crippen LogP contribution in [0.5, 0.6) is 0 Å². The van der Waals surface area contributed by atoms with Crippen molar-refractivity contribution in [1.29, 1.82) is 0 Å². The van der Waals surface area contributed by atoms with Gasteiger partial charge in [-0.3, -0.25) is 0 Å². The summed E-state index contributed by atoms with van der Waals surface area (Å²) < 4.78 is 5.20. The lowest BCUT2D eigenvalue weighted by Gasteiger charge is -2.14. The first-order chi connectivity index (χ1) is 7.67. The fourth-order valence-electron chi connectivity index (χ4n) is 1.73. The van der Waals surface area contributed by atoms with Gasteiger partial charge in [0, 0.05) is 5.57 Å². The van der Waals surface area contributed by atoms with E-state index in [4.69, 9.17) is 4.74 Å². The predicted octanol–water partition coefficient (Wildman–Crippen LogP) is 4.10. The van der Waals surface area contributed by atoms with E-state index in [-0.39, 0.29) is 11.9 Å². The molecule has 0 unspecified atom stereocenters. The molecule has 0 fully saturated rings. The van der Waals surface area contributed by atoms with Gasteiger partial charge < -0.3 is 4.74 Å². The third kappa shape index (κ3) is 5.94. The minimum atomic E-state index is -0.204. The average molecular weight is 226 g/mol. The van der Waals surface area contributed by atoms with Gasteiger partial charge in [0.15, 0.2) is 0 Å². The second-order valence-electron chi connectivity index (χ2n) is 4.24. The summed E-state index contributed by atoms with van der Waals surface area (Å²) in [7, 11) is 0. The number of hydrogen-bond acceptors (Lipinski definition) is 2. The van der Waals surface area contributed by atoms with Crippen molar-refractivity contribution in [1.82, 2.24) is 0 Å². The Bertz CT molecular complexity index is 205. The molecule has 0 radical (unpaired) electrons. The first-order valence-corrected chi connectivity index (χ1v) is 6.53. The highest BCUT2D eigenvalue weighted by Crippen LogP contribution is 2.18. The quantitative estimate of drug-likeness (QED) is 0.336. The van der Waals surface area contributed by atoms with E-state index in [2.05, 4.69) is 27.4 Å². The van der Waals surface area contributed by atoms with E-state index >= 15 is 0 Å². The molecular formula is C14H26O2. The fraction of sp³-hybridized carbons (Fsp3) is 0.786. The SMILES string of the molecule is C=C(C(=O)OCCCCCC)C(CC)CC. The molecule has 2 nitrogen and oxygen atoms in total. The van der Waals surface area contributed by atoms with Crippen LogP contribution in [-0.2, 0) is 9.53 Å². The van der Waals surface area contributed by atoms with Crippen LogP contribution in [0.15, 0.2) is 12.2 Å². The van der Waals surface area contributed by atoms with Crippen molar-refractivity contribution in [3.8, 4) is 0 Å². The maximum atomic E-state index is 11.6. The number of esters is 1. The Balaban J connectivity index is 3.75. The lowest BCUT2D eigenvalue weighted by atomic mass is 9.95. The Labute approximate surface area is 100 Å². The van der Waals surface area contributed by atoms with Crippen molar-refractivity contribution < 1.29 is 9.53 Å². The Morgan fingerprint density at radius 3 is 2.25 bits per heavy atom. The zero-order chi connectivity index (χ0) is 12.4. The van der Waals surface area contributed by atoms with Gasteiger partial charge >= 0.3 is 5.97 Å². The Morgan fingerprint density at radius 1 is 1.12 bits per heavy atom. The van der Waals surface area contributed by atoms with Crippen molar-refractivity contribution >= 4 is 5.97 Å². The highest BCUT2D eigenvalue weighted by molar-refractivity contribution is 5.88. The average Bonchev–Trinajstić information content (AvgIpc) is 2.30. The lowest BCUT2D eigenvalue weighted by molar-refractivity contribution is -0.139.